The summed E-state index contributed by atoms with van der Waals surface area (Å²) in [6.45, 7) is 1.15. The van der Waals surface area contributed by atoms with Crippen LogP contribution in [0.3, 0.4) is 0 Å². The van der Waals surface area contributed by atoms with E-state index in [1.807, 2.05) is 0 Å². The van der Waals surface area contributed by atoms with Gasteiger partial charge in [0.1, 0.15) is 15.5 Å². The highest BCUT2D eigenvalue weighted by molar-refractivity contribution is 7.86. The van der Waals surface area contributed by atoms with Gasteiger partial charge >= 0.3 is 0 Å². The van der Waals surface area contributed by atoms with E-state index in [-0.39, 0.29) is 11.1 Å². The minimum atomic E-state index is -4.89. The molecule has 0 spiro atoms. The number of phenolic OH excluding ortho intramolecular Hbond substituents is 1. The molecule has 130 valence electrons. The predicted octanol–water partition coefficient (Wildman–Crippen LogP) is 0.579. The number of carbonyl (C=O) groups excluding carboxylic acids is 1. The maximum Gasteiger partial charge on any atom is 0.296 e. The van der Waals surface area contributed by atoms with Crippen LogP contribution in [0.25, 0.3) is 10.8 Å². The minimum Gasteiger partial charge on any atom is -0.505 e. The van der Waals surface area contributed by atoms with Crippen molar-refractivity contribution in [2.75, 3.05) is 11.1 Å². The van der Waals surface area contributed by atoms with Gasteiger partial charge in [0.2, 0.25) is 5.91 Å². The van der Waals surface area contributed by atoms with Crippen molar-refractivity contribution in [3.8, 4) is 5.75 Å². The molecule has 0 aliphatic carbocycles. The average Bonchev–Trinajstić information content (AvgIpc) is 2.39. The Morgan fingerprint density at radius 3 is 2.08 bits per heavy atom. The highest BCUT2D eigenvalue weighted by atomic mass is 32.2. The standard InChI is InChI=1S/C12H12N2O8S2/c1-5(15)14-7-2-3-8(23(17,18)19)6-4-9(24(20,21)22)11(13)12(16)10(6)7/h2-4,16H,13H2,1H3,(H,14,15)(H,17,18,19)(H,20,21,22). The second kappa shape index (κ2) is 5.59. The molecule has 6 N–H and O–H groups in total. The van der Waals surface area contributed by atoms with Crippen molar-refractivity contribution in [3.63, 3.8) is 0 Å². The number of benzene rings is 2. The molecular formula is C12H12N2O8S2. The molecule has 0 bridgehead atoms. The zero-order valence-corrected chi connectivity index (χ0v) is 13.6. The fourth-order valence-electron chi connectivity index (χ4n) is 2.19. The number of phenols is 1. The van der Waals surface area contributed by atoms with Crippen LogP contribution in [0, 0.1) is 0 Å². The van der Waals surface area contributed by atoms with Crippen molar-refractivity contribution in [1.82, 2.24) is 0 Å². The zero-order valence-electron chi connectivity index (χ0n) is 12.0. The Bertz CT molecular complexity index is 1070. The molecule has 0 saturated carbocycles. The lowest BCUT2D eigenvalue weighted by molar-refractivity contribution is -0.114. The van der Waals surface area contributed by atoms with Crippen LogP contribution >= 0.6 is 0 Å². The van der Waals surface area contributed by atoms with E-state index in [1.54, 1.807) is 0 Å². The van der Waals surface area contributed by atoms with Crippen LogP contribution in [0.5, 0.6) is 5.75 Å². The first kappa shape index (κ1) is 17.9. The van der Waals surface area contributed by atoms with E-state index >= 15 is 0 Å². The zero-order chi connectivity index (χ0) is 18.4. The summed E-state index contributed by atoms with van der Waals surface area (Å²) in [6, 6.07) is 2.65. The molecule has 2 rings (SSSR count). The SMILES string of the molecule is CC(=O)Nc1ccc(S(=O)(=O)O)c2cc(S(=O)(=O)O)c(N)c(O)c12. The van der Waals surface area contributed by atoms with Crippen molar-refractivity contribution < 1.29 is 35.8 Å². The largest absolute Gasteiger partial charge is 0.505 e. The van der Waals surface area contributed by atoms with Crippen molar-refractivity contribution in [1.29, 1.82) is 0 Å². The molecule has 0 aromatic heterocycles. The summed E-state index contributed by atoms with van der Waals surface area (Å²) in [6.07, 6.45) is 0. The Morgan fingerprint density at radius 2 is 1.62 bits per heavy atom. The van der Waals surface area contributed by atoms with Gasteiger partial charge in [-0.05, 0) is 18.2 Å². The molecule has 0 saturated heterocycles. The van der Waals surface area contributed by atoms with Gasteiger partial charge in [-0.1, -0.05) is 0 Å². The lowest BCUT2D eigenvalue weighted by Gasteiger charge is -2.15. The number of nitrogen functional groups attached to an aromatic ring is 1. The van der Waals surface area contributed by atoms with E-state index < -0.39 is 52.8 Å². The summed E-state index contributed by atoms with van der Waals surface area (Å²) in [4.78, 5) is 9.54. The van der Waals surface area contributed by atoms with Crippen LogP contribution in [-0.2, 0) is 25.0 Å². The summed E-state index contributed by atoms with van der Waals surface area (Å²) >= 11 is 0. The van der Waals surface area contributed by atoms with Crippen molar-refractivity contribution >= 4 is 48.3 Å². The highest BCUT2D eigenvalue weighted by Gasteiger charge is 2.25. The summed E-state index contributed by atoms with van der Waals surface area (Å²) in [5.41, 5.74) is 4.66. The monoisotopic (exact) mass is 376 g/mol. The van der Waals surface area contributed by atoms with Crippen LogP contribution in [0.15, 0.2) is 28.0 Å². The Hall–Kier alpha value is -2.41. The first-order valence-electron chi connectivity index (χ1n) is 6.14. The molecule has 12 heteroatoms. The molecule has 2 aromatic rings. The Labute approximate surface area is 136 Å². The van der Waals surface area contributed by atoms with Crippen molar-refractivity contribution in [2.24, 2.45) is 0 Å². The van der Waals surface area contributed by atoms with Crippen LogP contribution in [0.1, 0.15) is 6.92 Å². The summed E-state index contributed by atoms with van der Waals surface area (Å²) in [7, 11) is -9.70. The van der Waals surface area contributed by atoms with Gasteiger partial charge in [-0.15, -0.1) is 0 Å². The highest BCUT2D eigenvalue weighted by Crippen LogP contribution is 2.42. The van der Waals surface area contributed by atoms with Gasteiger partial charge in [-0.2, -0.15) is 16.8 Å². The van der Waals surface area contributed by atoms with Crippen LogP contribution in [0.4, 0.5) is 11.4 Å². The molecule has 1 amide bonds. The molecule has 10 nitrogen and oxygen atoms in total. The molecule has 0 heterocycles. The van der Waals surface area contributed by atoms with E-state index in [2.05, 4.69) is 5.32 Å². The fraction of sp³-hybridized carbons (Fsp3) is 0.0833. The number of rotatable bonds is 3. The Morgan fingerprint density at radius 1 is 1.08 bits per heavy atom. The molecule has 24 heavy (non-hydrogen) atoms. The first-order valence-corrected chi connectivity index (χ1v) is 9.02. The number of anilines is 2. The van der Waals surface area contributed by atoms with Gasteiger partial charge in [-0.25, -0.2) is 0 Å². The summed E-state index contributed by atoms with van der Waals surface area (Å²) in [5.74, 6) is -1.44. The Kier molecular flexibility index (Phi) is 4.18. The summed E-state index contributed by atoms with van der Waals surface area (Å²) < 4.78 is 64.1. The van der Waals surface area contributed by atoms with Crippen molar-refractivity contribution in [2.45, 2.75) is 16.7 Å². The van der Waals surface area contributed by atoms with Crippen LogP contribution < -0.4 is 11.1 Å². The number of amides is 1. The van der Waals surface area contributed by atoms with Gasteiger partial charge in [0.25, 0.3) is 20.2 Å². The molecule has 0 aliphatic rings. The van der Waals surface area contributed by atoms with Gasteiger partial charge in [0.15, 0.2) is 0 Å². The average molecular weight is 376 g/mol. The van der Waals surface area contributed by atoms with Crippen molar-refractivity contribution in [3.05, 3.63) is 18.2 Å². The van der Waals surface area contributed by atoms with E-state index in [0.717, 1.165) is 19.1 Å². The lowest BCUT2D eigenvalue weighted by atomic mass is 10.1. The predicted molar refractivity (Wildman–Crippen MR) is 84.0 cm³/mol. The number of carbonyl (C=O) groups is 1. The van der Waals surface area contributed by atoms with E-state index in [9.17, 15) is 31.3 Å². The quantitative estimate of drug-likeness (QED) is 0.290. The molecule has 0 unspecified atom stereocenters. The van der Waals surface area contributed by atoms with E-state index in [1.165, 1.54) is 0 Å². The summed E-state index contributed by atoms with van der Waals surface area (Å²) in [5, 5.41) is 11.7. The number of aromatic hydroxyl groups is 1. The normalized spacial score (nSPS) is 12.3. The second-order valence-corrected chi connectivity index (χ2v) is 7.58. The van der Waals surface area contributed by atoms with Gasteiger partial charge in [0, 0.05) is 12.3 Å². The Balaban J connectivity index is 3.11. The second-order valence-electron chi connectivity index (χ2n) is 4.80. The van der Waals surface area contributed by atoms with E-state index in [4.69, 9.17) is 10.3 Å². The third-order valence-electron chi connectivity index (χ3n) is 3.10. The van der Waals surface area contributed by atoms with Crippen LogP contribution in [0.2, 0.25) is 0 Å². The number of nitrogens with two attached hydrogens (primary N) is 1. The maximum absolute atomic E-state index is 11.5. The molecular weight excluding hydrogens is 364 g/mol. The van der Waals surface area contributed by atoms with Gasteiger partial charge in [-0.3, -0.25) is 13.9 Å². The van der Waals surface area contributed by atoms with E-state index in [0.29, 0.717) is 6.07 Å². The molecule has 2 aromatic carbocycles. The third kappa shape index (κ3) is 3.12. The first-order chi connectivity index (χ1) is 10.8. The maximum atomic E-state index is 11.5. The molecule has 0 aliphatic heterocycles. The molecule has 0 atom stereocenters. The third-order valence-corrected chi connectivity index (χ3v) is 4.91. The number of hydrogen-bond donors (Lipinski definition) is 5. The lowest BCUT2D eigenvalue weighted by Crippen LogP contribution is -2.09. The molecule has 0 fully saturated rings. The topological polar surface area (TPSA) is 184 Å². The fourth-order valence-corrected chi connectivity index (χ4v) is 3.51. The smallest absolute Gasteiger partial charge is 0.296 e. The minimum absolute atomic E-state index is 0.0732. The van der Waals surface area contributed by atoms with Gasteiger partial charge < -0.3 is 16.2 Å². The van der Waals surface area contributed by atoms with Gasteiger partial charge in [0.05, 0.1) is 16.8 Å². The van der Waals surface area contributed by atoms with Crippen LogP contribution in [-0.4, -0.2) is 37.0 Å². The number of nitrogens with one attached hydrogen (secondary N) is 1. The number of hydrogen-bond acceptors (Lipinski definition) is 7. The number of fused-ring (bicyclic) bond motifs is 1. The molecule has 0 radical (unpaired) electrons.